The zero-order chi connectivity index (χ0) is 16.2. The number of halogens is 2. The number of pyridine rings is 1. The summed E-state index contributed by atoms with van der Waals surface area (Å²) in [6.45, 7) is 0. The van der Waals surface area contributed by atoms with Crippen molar-refractivity contribution in [1.29, 1.82) is 0 Å². The number of nitrogens with one attached hydrogen (secondary N) is 1. The van der Waals surface area contributed by atoms with E-state index in [1.165, 1.54) is 0 Å². The molecule has 3 aromatic rings. The molecule has 2 aromatic heterocycles. The molecule has 0 fully saturated rings. The van der Waals surface area contributed by atoms with Crippen LogP contribution in [0, 0.1) is 0 Å². The largest absolute Gasteiger partial charge is 0.323 e. The zero-order valence-corrected chi connectivity index (χ0v) is 13.4. The van der Waals surface area contributed by atoms with Crippen LogP contribution >= 0.6 is 23.2 Å². The van der Waals surface area contributed by atoms with Crippen LogP contribution < -0.4 is 5.32 Å². The number of carbonyl (C=O) groups excluding carboxylic acids is 1. The lowest BCUT2D eigenvalue weighted by molar-refractivity contribution is -0.115. The molecule has 0 atom stereocenters. The highest BCUT2D eigenvalue weighted by atomic mass is 35.5. The van der Waals surface area contributed by atoms with Crippen molar-refractivity contribution in [3.8, 4) is 5.82 Å². The number of hydrogen-bond donors (Lipinski definition) is 1. The first-order valence-electron chi connectivity index (χ1n) is 6.83. The van der Waals surface area contributed by atoms with Crippen molar-refractivity contribution in [2.75, 3.05) is 5.32 Å². The van der Waals surface area contributed by atoms with E-state index >= 15 is 0 Å². The fourth-order valence-electron chi connectivity index (χ4n) is 2.13. The Labute approximate surface area is 142 Å². The number of hydrogen-bond acceptors (Lipinski definition) is 3. The summed E-state index contributed by atoms with van der Waals surface area (Å²) in [6.07, 6.45) is 5.11. The minimum Gasteiger partial charge on any atom is -0.323 e. The second-order valence-electron chi connectivity index (χ2n) is 4.75. The summed E-state index contributed by atoms with van der Waals surface area (Å²) in [7, 11) is 0. The van der Waals surface area contributed by atoms with Gasteiger partial charge in [-0.05, 0) is 35.9 Å². The van der Waals surface area contributed by atoms with Gasteiger partial charge in [-0.3, -0.25) is 4.79 Å². The molecule has 0 bridgehead atoms. The highest BCUT2D eigenvalue weighted by Gasteiger charge is 2.13. The third-order valence-electron chi connectivity index (χ3n) is 3.18. The minimum absolute atomic E-state index is 0.0753. The summed E-state index contributed by atoms with van der Waals surface area (Å²) in [4.78, 5) is 16.6. The Morgan fingerprint density at radius 2 is 1.87 bits per heavy atom. The van der Waals surface area contributed by atoms with Crippen LogP contribution in [0.5, 0.6) is 0 Å². The van der Waals surface area contributed by atoms with Crippen LogP contribution in [0.1, 0.15) is 5.56 Å². The molecule has 23 heavy (non-hydrogen) atoms. The molecule has 0 saturated carbocycles. The minimum atomic E-state index is -0.235. The summed E-state index contributed by atoms with van der Waals surface area (Å²) in [6, 6.07) is 10.4. The van der Waals surface area contributed by atoms with Crippen LogP contribution in [0.2, 0.25) is 10.0 Å². The molecule has 0 aliphatic heterocycles. The normalized spacial score (nSPS) is 10.5. The molecule has 7 heteroatoms. The fourth-order valence-corrected chi connectivity index (χ4v) is 2.66. The van der Waals surface area contributed by atoms with E-state index in [0.717, 1.165) is 0 Å². The third kappa shape index (κ3) is 3.52. The van der Waals surface area contributed by atoms with E-state index in [1.807, 2.05) is 0 Å². The van der Waals surface area contributed by atoms with Gasteiger partial charge in [-0.2, -0.15) is 5.10 Å². The lowest BCUT2D eigenvalue weighted by atomic mass is 10.1. The topological polar surface area (TPSA) is 59.8 Å². The van der Waals surface area contributed by atoms with E-state index in [9.17, 15) is 4.79 Å². The summed E-state index contributed by atoms with van der Waals surface area (Å²) in [5.74, 6) is 0.303. The molecule has 0 radical (unpaired) electrons. The molecular formula is C16H12Cl2N4O. The van der Waals surface area contributed by atoms with Crippen molar-refractivity contribution in [3.63, 3.8) is 0 Å². The molecule has 0 aliphatic rings. The van der Waals surface area contributed by atoms with Crippen LogP contribution in [-0.4, -0.2) is 20.7 Å². The number of aromatic nitrogens is 3. The average Bonchev–Trinajstić information content (AvgIpc) is 3.06. The summed E-state index contributed by atoms with van der Waals surface area (Å²) in [5.41, 5.74) is 1.15. The van der Waals surface area contributed by atoms with Gasteiger partial charge in [-0.1, -0.05) is 29.3 Å². The van der Waals surface area contributed by atoms with Gasteiger partial charge in [0.15, 0.2) is 5.82 Å². The third-order valence-corrected chi connectivity index (χ3v) is 3.89. The molecule has 3 rings (SSSR count). The quantitative estimate of drug-likeness (QED) is 0.782. The van der Waals surface area contributed by atoms with E-state index in [4.69, 9.17) is 23.2 Å². The predicted molar refractivity (Wildman–Crippen MR) is 90.2 cm³/mol. The van der Waals surface area contributed by atoms with Crippen molar-refractivity contribution in [1.82, 2.24) is 14.8 Å². The molecule has 5 nitrogen and oxygen atoms in total. The number of rotatable bonds is 4. The number of nitrogens with zero attached hydrogens (tertiary/aromatic N) is 3. The Balaban J connectivity index is 1.82. The Bertz CT molecular complexity index is 814. The second-order valence-corrected chi connectivity index (χ2v) is 5.56. The fraction of sp³-hybridized carbons (Fsp3) is 0.0625. The number of amides is 1. The van der Waals surface area contributed by atoms with Gasteiger partial charge in [-0.25, -0.2) is 9.67 Å². The molecule has 0 spiro atoms. The molecule has 0 unspecified atom stereocenters. The lowest BCUT2D eigenvalue weighted by Crippen LogP contribution is -2.17. The summed E-state index contributed by atoms with van der Waals surface area (Å²) < 4.78 is 1.58. The van der Waals surface area contributed by atoms with Crippen LogP contribution in [0.25, 0.3) is 5.82 Å². The Morgan fingerprint density at radius 1 is 1.09 bits per heavy atom. The van der Waals surface area contributed by atoms with Crippen LogP contribution in [-0.2, 0) is 11.2 Å². The van der Waals surface area contributed by atoms with Gasteiger partial charge < -0.3 is 5.32 Å². The van der Waals surface area contributed by atoms with Crippen molar-refractivity contribution >= 4 is 34.8 Å². The smallest absolute Gasteiger partial charge is 0.229 e. The van der Waals surface area contributed by atoms with Gasteiger partial charge in [0.1, 0.15) is 0 Å². The van der Waals surface area contributed by atoms with Crippen molar-refractivity contribution in [3.05, 3.63) is 70.6 Å². The van der Waals surface area contributed by atoms with E-state index < -0.39 is 0 Å². The van der Waals surface area contributed by atoms with Crippen LogP contribution in [0.4, 0.5) is 5.69 Å². The second kappa shape index (κ2) is 6.81. The number of carbonyl (C=O) groups is 1. The maximum absolute atomic E-state index is 12.3. The van der Waals surface area contributed by atoms with Crippen LogP contribution in [0.3, 0.4) is 0 Å². The van der Waals surface area contributed by atoms with Crippen molar-refractivity contribution in [2.24, 2.45) is 0 Å². The molecule has 116 valence electrons. The molecule has 2 heterocycles. The van der Waals surface area contributed by atoms with Gasteiger partial charge >= 0.3 is 0 Å². The zero-order valence-electron chi connectivity index (χ0n) is 11.9. The Kier molecular flexibility index (Phi) is 4.60. The standard InChI is InChI=1S/C16H12Cl2N4O/c17-12-4-1-5-13(18)11(12)10-15(23)21-14-6-2-7-19-16(14)22-9-3-8-20-22/h1-9H,10H2,(H,21,23). The van der Waals surface area contributed by atoms with Gasteiger partial charge in [0.2, 0.25) is 5.91 Å². The molecule has 1 N–H and O–H groups in total. The van der Waals surface area contributed by atoms with E-state index in [2.05, 4.69) is 15.4 Å². The summed E-state index contributed by atoms with van der Waals surface area (Å²) >= 11 is 12.2. The monoisotopic (exact) mass is 346 g/mol. The Morgan fingerprint density at radius 3 is 2.57 bits per heavy atom. The maximum Gasteiger partial charge on any atom is 0.229 e. The molecule has 0 aliphatic carbocycles. The van der Waals surface area contributed by atoms with Gasteiger partial charge in [0.05, 0.1) is 12.1 Å². The first-order chi connectivity index (χ1) is 11.1. The Hall–Kier alpha value is -2.37. The predicted octanol–water partition coefficient (Wildman–Crippen LogP) is 3.76. The number of benzene rings is 1. The highest BCUT2D eigenvalue weighted by Crippen LogP contribution is 2.25. The van der Waals surface area contributed by atoms with Gasteiger partial charge in [0, 0.05) is 28.6 Å². The maximum atomic E-state index is 12.3. The van der Waals surface area contributed by atoms with Crippen molar-refractivity contribution < 1.29 is 4.79 Å². The number of anilines is 1. The SMILES string of the molecule is O=C(Cc1c(Cl)cccc1Cl)Nc1cccnc1-n1cccn1. The molecule has 1 aromatic carbocycles. The van der Waals surface area contributed by atoms with Crippen molar-refractivity contribution in [2.45, 2.75) is 6.42 Å². The van der Waals surface area contributed by atoms with E-state index in [0.29, 0.717) is 27.1 Å². The average molecular weight is 347 g/mol. The van der Waals surface area contributed by atoms with E-state index in [-0.39, 0.29) is 12.3 Å². The first-order valence-corrected chi connectivity index (χ1v) is 7.58. The summed E-state index contributed by atoms with van der Waals surface area (Å²) in [5, 5.41) is 7.88. The van der Waals surface area contributed by atoms with Gasteiger partial charge in [-0.15, -0.1) is 0 Å². The first kappa shape index (κ1) is 15.5. The molecule has 0 saturated heterocycles. The highest BCUT2D eigenvalue weighted by molar-refractivity contribution is 6.36. The lowest BCUT2D eigenvalue weighted by Gasteiger charge is -2.11. The molecule has 1 amide bonds. The van der Waals surface area contributed by atoms with E-state index in [1.54, 1.807) is 59.7 Å². The molecular weight excluding hydrogens is 335 g/mol. The van der Waals surface area contributed by atoms with Crippen LogP contribution in [0.15, 0.2) is 55.0 Å². The van der Waals surface area contributed by atoms with Gasteiger partial charge in [0.25, 0.3) is 0 Å².